The van der Waals surface area contributed by atoms with E-state index in [0.717, 1.165) is 0 Å². The van der Waals surface area contributed by atoms with Gasteiger partial charge in [0.25, 0.3) is 0 Å². The molecule has 2 rings (SSSR count). The van der Waals surface area contributed by atoms with Gasteiger partial charge in [0.1, 0.15) is 0 Å². The van der Waals surface area contributed by atoms with Crippen LogP contribution in [0.25, 0.3) is 6.08 Å². The molecule has 0 amide bonds. The van der Waals surface area contributed by atoms with Gasteiger partial charge in [-0.05, 0) is 0 Å². The van der Waals surface area contributed by atoms with Crippen molar-refractivity contribution in [2.24, 2.45) is 5.92 Å². The molecule has 3 heteroatoms. The van der Waals surface area contributed by atoms with Crippen LogP contribution < -0.4 is 9.41 Å². The molecule has 0 bridgehead atoms. The van der Waals surface area contributed by atoms with Gasteiger partial charge >= 0.3 is 21.7 Å². The van der Waals surface area contributed by atoms with E-state index in [1.165, 1.54) is 11.1 Å². The fraction of sp³-hybridized carbons (Fsp3) is 0.333. The van der Waals surface area contributed by atoms with Crippen LogP contribution in [0.4, 0.5) is 0 Å². The molecule has 1 unspecified atom stereocenters. The van der Waals surface area contributed by atoms with Gasteiger partial charge in [-0.3, -0.25) is 6.08 Å². The Bertz CT molecular complexity index is 321. The molecule has 0 fully saturated rings. The third-order valence-electron chi connectivity index (χ3n) is 2.42. The van der Waals surface area contributed by atoms with Gasteiger partial charge in [0.15, 0.2) is 0 Å². The van der Waals surface area contributed by atoms with Gasteiger partial charge in [-0.1, -0.05) is 43.9 Å². The van der Waals surface area contributed by atoms with Crippen molar-refractivity contribution in [3.63, 3.8) is 0 Å². The molecule has 1 atom stereocenters. The summed E-state index contributed by atoms with van der Waals surface area (Å²) >= 11 is 0. The van der Waals surface area contributed by atoms with Crippen molar-refractivity contribution in [1.29, 1.82) is 0 Å². The minimum absolute atomic E-state index is 0. The summed E-state index contributed by atoms with van der Waals surface area (Å²) in [6, 6.07) is 8.55. The van der Waals surface area contributed by atoms with Crippen molar-refractivity contribution < 1.29 is 31.1 Å². The third-order valence-corrected chi connectivity index (χ3v) is 2.42. The van der Waals surface area contributed by atoms with Crippen LogP contribution in [-0.2, 0) is 21.7 Å². The van der Waals surface area contributed by atoms with Crippen molar-refractivity contribution in [2.45, 2.75) is 19.8 Å². The molecule has 1 radical (unpaired) electrons. The molecular weight excluding hydrogens is 230 g/mol. The molecule has 0 N–H and O–H groups in total. The predicted molar refractivity (Wildman–Crippen MR) is 51.7 cm³/mol. The maximum atomic E-state index is 3.40. The van der Waals surface area contributed by atoms with E-state index in [4.69, 9.17) is 0 Å². The maximum Gasteiger partial charge on any atom is 3.00 e. The number of fused-ring (bicyclic) bond motifs is 1. The Hall–Kier alpha value is -0.466. The molecule has 1 aromatic rings. The Morgan fingerprint density at radius 3 is 2.33 bits per heavy atom. The summed E-state index contributed by atoms with van der Waals surface area (Å²) < 4.78 is 0. The first-order valence-corrected chi connectivity index (χ1v) is 4.47. The topological polar surface area (TPSA) is 0 Å². The van der Waals surface area contributed by atoms with Crippen LogP contribution in [0.1, 0.15) is 30.9 Å². The van der Waals surface area contributed by atoms with Crippen molar-refractivity contribution in [1.82, 2.24) is 0 Å². The molecule has 0 spiro atoms. The SMILES string of the molecule is CC(C)C1[C-]=Cc2ccccc21.[F-].[F-].[Ti+3]. The molecule has 15 heavy (non-hydrogen) atoms. The summed E-state index contributed by atoms with van der Waals surface area (Å²) in [6.07, 6.45) is 5.51. The summed E-state index contributed by atoms with van der Waals surface area (Å²) in [5, 5.41) is 0. The molecule has 0 aromatic heterocycles. The molecule has 0 heterocycles. The van der Waals surface area contributed by atoms with Crippen LogP contribution in [0.3, 0.4) is 0 Å². The van der Waals surface area contributed by atoms with Crippen LogP contribution in [-0.4, -0.2) is 0 Å². The second-order valence-corrected chi connectivity index (χ2v) is 3.66. The number of hydrogen-bond donors (Lipinski definition) is 0. The van der Waals surface area contributed by atoms with Crippen LogP contribution >= 0.6 is 0 Å². The van der Waals surface area contributed by atoms with Crippen LogP contribution in [0.2, 0.25) is 0 Å². The third kappa shape index (κ3) is 3.25. The van der Waals surface area contributed by atoms with Crippen molar-refractivity contribution in [3.8, 4) is 0 Å². The van der Waals surface area contributed by atoms with Gasteiger partial charge in [0.2, 0.25) is 0 Å². The zero-order valence-corrected chi connectivity index (χ0v) is 10.4. The summed E-state index contributed by atoms with van der Waals surface area (Å²) in [6.45, 7) is 4.49. The van der Waals surface area contributed by atoms with E-state index in [1.807, 2.05) is 0 Å². The number of benzene rings is 1. The quantitative estimate of drug-likeness (QED) is 0.371. The first-order valence-electron chi connectivity index (χ1n) is 4.47. The smallest absolute Gasteiger partial charge is 1.00 e. The van der Waals surface area contributed by atoms with Gasteiger partial charge in [-0.15, -0.1) is 11.6 Å². The number of allylic oxidation sites excluding steroid dienone is 1. The summed E-state index contributed by atoms with van der Waals surface area (Å²) in [5.74, 6) is 1.17. The van der Waals surface area contributed by atoms with E-state index in [1.54, 1.807) is 0 Å². The summed E-state index contributed by atoms with van der Waals surface area (Å²) in [4.78, 5) is 0. The van der Waals surface area contributed by atoms with Gasteiger partial charge in [0, 0.05) is 0 Å². The van der Waals surface area contributed by atoms with E-state index >= 15 is 0 Å². The molecule has 0 aliphatic heterocycles. The molecule has 1 aliphatic carbocycles. The fourth-order valence-corrected chi connectivity index (χ4v) is 1.75. The van der Waals surface area contributed by atoms with Gasteiger partial charge in [-0.2, -0.15) is 5.56 Å². The molecular formula is C12H13F2Ti. The monoisotopic (exact) mass is 243 g/mol. The number of halogens is 2. The predicted octanol–water partition coefficient (Wildman–Crippen LogP) is -2.74. The number of hydrogen-bond acceptors (Lipinski definition) is 0. The normalized spacial score (nSPS) is 16.1. The second kappa shape index (κ2) is 6.92. The van der Waals surface area contributed by atoms with Crippen molar-refractivity contribution in [2.75, 3.05) is 0 Å². The average Bonchev–Trinajstić information content (AvgIpc) is 2.47. The first kappa shape index (κ1) is 16.9. The minimum Gasteiger partial charge on any atom is -1.00 e. The van der Waals surface area contributed by atoms with E-state index in [-0.39, 0.29) is 31.1 Å². The van der Waals surface area contributed by atoms with Crippen LogP contribution in [0, 0.1) is 12.0 Å². The van der Waals surface area contributed by atoms with E-state index in [9.17, 15) is 0 Å². The van der Waals surface area contributed by atoms with Crippen LogP contribution in [0.5, 0.6) is 0 Å². The van der Waals surface area contributed by atoms with Gasteiger partial charge in [-0.25, -0.2) is 6.08 Å². The first-order chi connectivity index (χ1) is 5.79. The molecule has 1 aromatic carbocycles. The van der Waals surface area contributed by atoms with Crippen LogP contribution in [0.15, 0.2) is 24.3 Å². The molecule has 0 saturated heterocycles. The van der Waals surface area contributed by atoms with Gasteiger partial charge < -0.3 is 9.41 Å². The largest absolute Gasteiger partial charge is 3.00 e. The molecule has 1 aliphatic rings. The Kier molecular flexibility index (Phi) is 7.81. The molecule has 0 nitrogen and oxygen atoms in total. The second-order valence-electron chi connectivity index (χ2n) is 3.66. The van der Waals surface area contributed by atoms with E-state index in [0.29, 0.717) is 11.8 Å². The standard InChI is InChI=1S/C12H13.2FH.Ti/c1-9(2)11-8-7-10-5-3-4-6-12(10)11;;;/h3-7,9,11H,1-2H3;2*1H;/q-1;;;+3/p-2. The Balaban J connectivity index is 0. The summed E-state index contributed by atoms with van der Waals surface area (Å²) in [5.41, 5.74) is 2.78. The van der Waals surface area contributed by atoms with E-state index < -0.39 is 0 Å². The zero-order valence-electron chi connectivity index (χ0n) is 8.80. The van der Waals surface area contributed by atoms with E-state index in [2.05, 4.69) is 50.3 Å². The summed E-state index contributed by atoms with van der Waals surface area (Å²) in [7, 11) is 0. The zero-order chi connectivity index (χ0) is 8.55. The Labute approximate surface area is 104 Å². The Morgan fingerprint density at radius 2 is 1.73 bits per heavy atom. The maximum absolute atomic E-state index is 3.40. The molecule has 0 saturated carbocycles. The average molecular weight is 243 g/mol. The van der Waals surface area contributed by atoms with Gasteiger partial charge in [0.05, 0.1) is 0 Å². The minimum atomic E-state index is 0. The Morgan fingerprint density at radius 1 is 1.13 bits per heavy atom. The number of rotatable bonds is 1. The van der Waals surface area contributed by atoms with Crippen molar-refractivity contribution in [3.05, 3.63) is 41.5 Å². The van der Waals surface area contributed by atoms with Crippen molar-refractivity contribution >= 4 is 6.08 Å². The fourth-order valence-electron chi connectivity index (χ4n) is 1.75. The molecule has 79 valence electrons.